The van der Waals surface area contributed by atoms with E-state index in [2.05, 4.69) is 28.4 Å². The molecule has 0 atom stereocenters. The minimum atomic E-state index is 0.101. The van der Waals surface area contributed by atoms with E-state index in [1.807, 2.05) is 4.90 Å². The quantitative estimate of drug-likeness (QED) is 0.904. The van der Waals surface area contributed by atoms with Gasteiger partial charge in [-0.2, -0.15) is 0 Å². The van der Waals surface area contributed by atoms with Gasteiger partial charge in [-0.05, 0) is 55.9 Å². The Morgan fingerprint density at radius 3 is 2.57 bits per heavy atom. The van der Waals surface area contributed by atoms with Crippen LogP contribution < -0.4 is 15.1 Å². The number of benzene rings is 1. The first kappa shape index (κ1) is 14.9. The maximum Gasteiger partial charge on any atom is 0.322 e. The number of hydrogen-bond acceptors (Lipinski definition) is 2. The molecule has 0 radical (unpaired) electrons. The van der Waals surface area contributed by atoms with Crippen molar-refractivity contribution >= 4 is 17.4 Å². The number of fused-ring (bicyclic) bond motifs is 1. The van der Waals surface area contributed by atoms with Crippen LogP contribution in [0.1, 0.15) is 50.5 Å². The lowest BCUT2D eigenvalue weighted by molar-refractivity contribution is 0.238. The van der Waals surface area contributed by atoms with E-state index in [4.69, 9.17) is 0 Å². The van der Waals surface area contributed by atoms with Crippen LogP contribution in [0.3, 0.4) is 0 Å². The Hall–Kier alpha value is -1.71. The zero-order valence-electron chi connectivity index (χ0n) is 13.9. The van der Waals surface area contributed by atoms with Crippen molar-refractivity contribution < 1.29 is 4.79 Å². The van der Waals surface area contributed by atoms with E-state index in [9.17, 15) is 4.79 Å². The molecule has 2 heterocycles. The van der Waals surface area contributed by atoms with Crippen molar-refractivity contribution in [1.82, 2.24) is 5.32 Å². The molecular weight excluding hydrogens is 286 g/mol. The predicted octanol–water partition coefficient (Wildman–Crippen LogP) is 3.69. The molecule has 0 unspecified atom stereocenters. The maximum absolute atomic E-state index is 12.6. The second-order valence-electron chi connectivity index (χ2n) is 7.19. The Morgan fingerprint density at radius 2 is 1.78 bits per heavy atom. The van der Waals surface area contributed by atoms with Crippen LogP contribution in [0.4, 0.5) is 16.2 Å². The highest BCUT2D eigenvalue weighted by atomic mass is 16.2. The Labute approximate surface area is 138 Å². The molecule has 1 aromatic rings. The number of rotatable bonds is 2. The van der Waals surface area contributed by atoms with Gasteiger partial charge in [-0.1, -0.05) is 19.3 Å². The van der Waals surface area contributed by atoms with Crippen molar-refractivity contribution in [2.45, 2.75) is 57.4 Å². The molecule has 2 fully saturated rings. The van der Waals surface area contributed by atoms with Gasteiger partial charge in [-0.25, -0.2) is 4.79 Å². The molecule has 4 rings (SSSR count). The van der Waals surface area contributed by atoms with E-state index in [0.29, 0.717) is 6.04 Å². The number of carbonyl (C=O) groups excluding carboxylic acids is 1. The lowest BCUT2D eigenvalue weighted by atomic mass is 9.96. The number of nitrogens with zero attached hydrogens (tertiary/aromatic N) is 2. The molecule has 3 aliphatic rings. The fraction of sp³-hybridized carbons (Fsp3) is 0.632. The second-order valence-corrected chi connectivity index (χ2v) is 7.19. The second kappa shape index (κ2) is 6.42. The van der Waals surface area contributed by atoms with Crippen LogP contribution in [-0.2, 0) is 6.42 Å². The smallest absolute Gasteiger partial charge is 0.322 e. The van der Waals surface area contributed by atoms with Crippen molar-refractivity contribution in [2.75, 3.05) is 29.4 Å². The summed E-state index contributed by atoms with van der Waals surface area (Å²) in [6, 6.07) is 7.12. The fourth-order valence-corrected chi connectivity index (χ4v) is 4.27. The fourth-order valence-electron chi connectivity index (χ4n) is 4.27. The van der Waals surface area contributed by atoms with E-state index in [1.165, 1.54) is 56.4 Å². The minimum Gasteiger partial charge on any atom is -0.372 e. The zero-order chi connectivity index (χ0) is 15.6. The zero-order valence-corrected chi connectivity index (χ0v) is 13.9. The Kier molecular flexibility index (Phi) is 4.15. The average molecular weight is 313 g/mol. The highest BCUT2D eigenvalue weighted by Crippen LogP contribution is 2.33. The van der Waals surface area contributed by atoms with Crippen LogP contribution in [0.5, 0.6) is 0 Å². The number of nitrogens with one attached hydrogen (secondary N) is 1. The number of carbonyl (C=O) groups is 1. The van der Waals surface area contributed by atoms with Gasteiger partial charge in [-0.15, -0.1) is 0 Å². The van der Waals surface area contributed by atoms with E-state index >= 15 is 0 Å². The van der Waals surface area contributed by atoms with E-state index in [0.717, 1.165) is 31.5 Å². The highest BCUT2D eigenvalue weighted by molar-refractivity contribution is 5.94. The van der Waals surface area contributed by atoms with E-state index in [-0.39, 0.29) is 6.03 Å². The van der Waals surface area contributed by atoms with Crippen molar-refractivity contribution in [3.8, 4) is 0 Å². The molecular formula is C19H27N3O. The molecule has 1 N–H and O–H groups in total. The summed E-state index contributed by atoms with van der Waals surface area (Å²) in [5.41, 5.74) is 3.77. The summed E-state index contributed by atoms with van der Waals surface area (Å²) in [4.78, 5) is 17.0. The first-order valence-corrected chi connectivity index (χ1v) is 9.27. The lowest BCUT2D eigenvalue weighted by Gasteiger charge is -2.26. The van der Waals surface area contributed by atoms with Crippen LogP contribution in [0, 0.1) is 0 Å². The molecule has 1 aliphatic carbocycles. The Balaban J connectivity index is 1.45. The van der Waals surface area contributed by atoms with Crippen molar-refractivity contribution in [2.24, 2.45) is 0 Å². The molecule has 2 aliphatic heterocycles. The Morgan fingerprint density at radius 1 is 1.00 bits per heavy atom. The average Bonchev–Trinajstić information content (AvgIpc) is 3.25. The topological polar surface area (TPSA) is 35.6 Å². The van der Waals surface area contributed by atoms with Crippen molar-refractivity contribution in [3.05, 3.63) is 23.8 Å². The third-order valence-corrected chi connectivity index (χ3v) is 5.61. The largest absolute Gasteiger partial charge is 0.372 e. The minimum absolute atomic E-state index is 0.101. The number of anilines is 2. The van der Waals surface area contributed by atoms with Gasteiger partial charge in [0, 0.05) is 37.1 Å². The summed E-state index contributed by atoms with van der Waals surface area (Å²) >= 11 is 0. The molecule has 124 valence electrons. The van der Waals surface area contributed by atoms with Gasteiger partial charge in [0.25, 0.3) is 0 Å². The monoisotopic (exact) mass is 313 g/mol. The first-order chi connectivity index (χ1) is 11.3. The molecule has 1 saturated carbocycles. The van der Waals surface area contributed by atoms with Gasteiger partial charge < -0.3 is 10.2 Å². The number of hydrogen-bond donors (Lipinski definition) is 1. The summed E-state index contributed by atoms with van der Waals surface area (Å²) < 4.78 is 0. The van der Waals surface area contributed by atoms with Crippen LogP contribution in [0.25, 0.3) is 0 Å². The molecule has 0 aromatic heterocycles. The van der Waals surface area contributed by atoms with E-state index < -0.39 is 0 Å². The summed E-state index contributed by atoms with van der Waals surface area (Å²) in [6.45, 7) is 3.16. The lowest BCUT2D eigenvalue weighted by Crippen LogP contribution is -2.45. The molecule has 1 aromatic carbocycles. The van der Waals surface area contributed by atoms with Crippen molar-refractivity contribution in [1.29, 1.82) is 0 Å². The highest BCUT2D eigenvalue weighted by Gasteiger charge is 2.27. The Bertz CT molecular complexity index is 574. The SMILES string of the molecule is O=C(NC1CCCCC1)N1CCc2cc(N3CCCC3)ccc21. The van der Waals surface area contributed by atoms with Gasteiger partial charge in [0.05, 0.1) is 0 Å². The van der Waals surface area contributed by atoms with Crippen LogP contribution in [0.15, 0.2) is 18.2 Å². The first-order valence-electron chi connectivity index (χ1n) is 9.27. The predicted molar refractivity (Wildman–Crippen MR) is 94.3 cm³/mol. The molecule has 2 amide bonds. The molecule has 0 bridgehead atoms. The third-order valence-electron chi connectivity index (χ3n) is 5.61. The molecule has 4 nitrogen and oxygen atoms in total. The van der Waals surface area contributed by atoms with E-state index in [1.54, 1.807) is 0 Å². The van der Waals surface area contributed by atoms with Gasteiger partial charge in [0.2, 0.25) is 0 Å². The normalized spacial score (nSPS) is 21.6. The van der Waals surface area contributed by atoms with Crippen LogP contribution in [0.2, 0.25) is 0 Å². The summed E-state index contributed by atoms with van der Waals surface area (Å²) in [5, 5.41) is 3.25. The third kappa shape index (κ3) is 3.04. The molecule has 23 heavy (non-hydrogen) atoms. The van der Waals surface area contributed by atoms with Gasteiger partial charge >= 0.3 is 6.03 Å². The molecule has 1 saturated heterocycles. The number of urea groups is 1. The van der Waals surface area contributed by atoms with Crippen LogP contribution in [-0.4, -0.2) is 31.7 Å². The summed E-state index contributed by atoms with van der Waals surface area (Å²) in [6.07, 6.45) is 9.68. The van der Waals surface area contributed by atoms with Gasteiger partial charge in [0.15, 0.2) is 0 Å². The van der Waals surface area contributed by atoms with Gasteiger partial charge in [0.1, 0.15) is 0 Å². The maximum atomic E-state index is 12.6. The van der Waals surface area contributed by atoms with Crippen LogP contribution >= 0.6 is 0 Å². The standard InChI is InChI=1S/C19H27N3O/c23-19(20-16-6-2-1-3-7-16)22-13-10-15-14-17(8-9-18(15)22)21-11-4-5-12-21/h8-9,14,16H,1-7,10-13H2,(H,20,23). The molecule has 0 spiro atoms. The summed E-state index contributed by atoms with van der Waals surface area (Å²) in [5.74, 6) is 0. The number of amides is 2. The van der Waals surface area contributed by atoms with Gasteiger partial charge in [-0.3, -0.25) is 4.90 Å². The van der Waals surface area contributed by atoms with Crippen molar-refractivity contribution in [3.63, 3.8) is 0 Å². The molecule has 4 heteroatoms. The summed E-state index contributed by atoms with van der Waals surface area (Å²) in [7, 11) is 0.